The molecular formula is C26H25N3O. The Hall–Kier alpha value is -3.37. The number of Topliss-reactive ketones (excluding diaryl/α,β-unsaturated/α-hetero) is 1. The molecule has 1 aromatic heterocycles. The summed E-state index contributed by atoms with van der Waals surface area (Å²) in [5, 5.41) is 0.992. The van der Waals surface area contributed by atoms with Crippen LogP contribution in [0.5, 0.6) is 0 Å². The minimum atomic E-state index is -0.275. The van der Waals surface area contributed by atoms with E-state index in [-0.39, 0.29) is 11.8 Å². The molecule has 1 saturated heterocycles. The van der Waals surface area contributed by atoms with Crippen molar-refractivity contribution < 1.29 is 4.79 Å². The van der Waals surface area contributed by atoms with Crippen molar-refractivity contribution in [3.63, 3.8) is 0 Å². The molecule has 0 bridgehead atoms. The van der Waals surface area contributed by atoms with Crippen molar-refractivity contribution in [1.29, 1.82) is 0 Å². The van der Waals surface area contributed by atoms with Gasteiger partial charge in [0.15, 0.2) is 5.78 Å². The quantitative estimate of drug-likeness (QED) is 0.488. The van der Waals surface area contributed by atoms with Gasteiger partial charge in [-0.3, -0.25) is 9.69 Å². The predicted molar refractivity (Wildman–Crippen MR) is 122 cm³/mol. The van der Waals surface area contributed by atoms with Crippen LogP contribution in [-0.2, 0) is 0 Å². The van der Waals surface area contributed by atoms with Crippen LogP contribution in [0.2, 0.25) is 0 Å². The lowest BCUT2D eigenvalue weighted by molar-refractivity contribution is 0.0808. The van der Waals surface area contributed by atoms with E-state index in [1.54, 1.807) is 0 Å². The molecule has 4 aromatic rings. The van der Waals surface area contributed by atoms with Gasteiger partial charge in [0.25, 0.3) is 0 Å². The lowest BCUT2D eigenvalue weighted by atomic mass is 9.95. The van der Waals surface area contributed by atoms with Crippen LogP contribution in [0.1, 0.15) is 22.0 Å². The maximum absolute atomic E-state index is 13.8. The third kappa shape index (κ3) is 3.51. The number of aromatic nitrogens is 1. The number of benzene rings is 3. The Morgan fingerprint density at radius 1 is 0.767 bits per heavy atom. The maximum Gasteiger partial charge on any atom is 0.186 e. The molecule has 3 aromatic carbocycles. The third-order valence-electron chi connectivity index (χ3n) is 6.02. The standard InChI is InChI=1S/C26H25N3O/c30-26(23-19-27-24-14-8-7-13-22(23)24)25(20-9-3-1-4-10-20)29-17-15-28(16-18-29)21-11-5-2-6-12-21/h1-14,19,25,27H,15-18H2/t25-/m1/s1. The number of piperazine rings is 1. The highest BCUT2D eigenvalue weighted by atomic mass is 16.1. The highest BCUT2D eigenvalue weighted by molar-refractivity contribution is 6.10. The number of anilines is 1. The minimum Gasteiger partial charge on any atom is -0.369 e. The van der Waals surface area contributed by atoms with Crippen molar-refractivity contribution in [3.8, 4) is 0 Å². The number of para-hydroxylation sites is 2. The molecule has 4 nitrogen and oxygen atoms in total. The first-order valence-corrected chi connectivity index (χ1v) is 10.5. The van der Waals surface area contributed by atoms with Crippen LogP contribution in [0, 0.1) is 0 Å². The van der Waals surface area contributed by atoms with Gasteiger partial charge in [0.2, 0.25) is 0 Å². The second-order valence-corrected chi connectivity index (χ2v) is 7.78. The van der Waals surface area contributed by atoms with Crippen molar-refractivity contribution in [3.05, 3.63) is 102 Å². The smallest absolute Gasteiger partial charge is 0.186 e. The predicted octanol–water partition coefficient (Wildman–Crippen LogP) is 4.91. The number of nitrogens with zero attached hydrogens (tertiary/aromatic N) is 2. The number of H-pyrrole nitrogens is 1. The molecule has 0 amide bonds. The Morgan fingerprint density at radius 3 is 2.13 bits per heavy atom. The van der Waals surface area contributed by atoms with Crippen LogP contribution in [0.4, 0.5) is 5.69 Å². The van der Waals surface area contributed by atoms with Crippen molar-refractivity contribution in [2.45, 2.75) is 6.04 Å². The van der Waals surface area contributed by atoms with Crippen LogP contribution in [-0.4, -0.2) is 41.8 Å². The summed E-state index contributed by atoms with van der Waals surface area (Å²) in [5.41, 5.74) is 4.07. The van der Waals surface area contributed by atoms with E-state index in [0.717, 1.165) is 48.2 Å². The normalized spacial score (nSPS) is 15.9. The third-order valence-corrected chi connectivity index (χ3v) is 6.02. The van der Waals surface area contributed by atoms with E-state index in [4.69, 9.17) is 0 Å². The van der Waals surface area contributed by atoms with E-state index in [1.165, 1.54) is 5.69 Å². The molecule has 150 valence electrons. The number of hydrogen-bond acceptors (Lipinski definition) is 3. The largest absolute Gasteiger partial charge is 0.369 e. The second kappa shape index (κ2) is 8.17. The summed E-state index contributed by atoms with van der Waals surface area (Å²) in [5.74, 6) is 0.159. The number of carbonyl (C=O) groups excluding carboxylic acids is 1. The van der Waals surface area contributed by atoms with Crippen molar-refractivity contribution >= 4 is 22.4 Å². The molecule has 0 saturated carbocycles. The molecule has 1 atom stereocenters. The lowest BCUT2D eigenvalue weighted by Gasteiger charge is -2.39. The van der Waals surface area contributed by atoms with Gasteiger partial charge in [-0.1, -0.05) is 66.7 Å². The zero-order valence-electron chi connectivity index (χ0n) is 16.9. The van der Waals surface area contributed by atoms with Crippen LogP contribution in [0.15, 0.2) is 91.1 Å². The van der Waals surface area contributed by atoms with E-state index < -0.39 is 0 Å². The van der Waals surface area contributed by atoms with Crippen LogP contribution in [0.3, 0.4) is 0 Å². The number of aromatic amines is 1. The molecule has 30 heavy (non-hydrogen) atoms. The summed E-state index contributed by atoms with van der Waals surface area (Å²) in [6.45, 7) is 3.52. The fourth-order valence-electron chi connectivity index (χ4n) is 4.46. The molecule has 0 unspecified atom stereocenters. The van der Waals surface area contributed by atoms with Crippen LogP contribution >= 0.6 is 0 Å². The first kappa shape index (κ1) is 18.6. The summed E-state index contributed by atoms with van der Waals surface area (Å²) < 4.78 is 0. The van der Waals surface area contributed by atoms with E-state index in [1.807, 2.05) is 54.7 Å². The molecule has 2 heterocycles. The minimum absolute atomic E-state index is 0.159. The van der Waals surface area contributed by atoms with Gasteiger partial charge in [0.1, 0.15) is 0 Å². The molecule has 1 aliphatic rings. The first-order valence-electron chi connectivity index (χ1n) is 10.5. The average molecular weight is 396 g/mol. The highest BCUT2D eigenvalue weighted by Crippen LogP contribution is 2.30. The molecule has 1 aliphatic heterocycles. The molecular weight excluding hydrogens is 370 g/mol. The van der Waals surface area contributed by atoms with E-state index in [2.05, 4.69) is 51.2 Å². The van der Waals surface area contributed by atoms with Gasteiger partial charge in [-0.05, 0) is 23.8 Å². The maximum atomic E-state index is 13.8. The van der Waals surface area contributed by atoms with E-state index in [9.17, 15) is 4.79 Å². The van der Waals surface area contributed by atoms with E-state index in [0.29, 0.717) is 0 Å². The summed E-state index contributed by atoms with van der Waals surface area (Å²) in [4.78, 5) is 21.8. The van der Waals surface area contributed by atoms with Crippen molar-refractivity contribution in [1.82, 2.24) is 9.88 Å². The fourth-order valence-corrected chi connectivity index (χ4v) is 4.46. The molecule has 5 rings (SSSR count). The Labute approximate surface area is 176 Å². The van der Waals surface area contributed by atoms with Crippen molar-refractivity contribution in [2.24, 2.45) is 0 Å². The summed E-state index contributed by atoms with van der Waals surface area (Å²) in [6.07, 6.45) is 1.86. The zero-order chi connectivity index (χ0) is 20.3. The number of ketones is 1. The fraction of sp³-hybridized carbons (Fsp3) is 0.192. The Bertz CT molecular complexity index is 1130. The summed E-state index contributed by atoms with van der Waals surface area (Å²) in [6, 6.07) is 28.4. The summed E-state index contributed by atoms with van der Waals surface area (Å²) >= 11 is 0. The molecule has 0 aliphatic carbocycles. The Balaban J connectivity index is 1.44. The SMILES string of the molecule is O=C(c1c[nH]c2ccccc12)[C@@H](c1ccccc1)N1CCN(c2ccccc2)CC1. The van der Waals surface area contributed by atoms with Gasteiger partial charge in [-0.2, -0.15) is 0 Å². The Morgan fingerprint density at radius 2 is 1.40 bits per heavy atom. The molecule has 0 radical (unpaired) electrons. The second-order valence-electron chi connectivity index (χ2n) is 7.78. The zero-order valence-corrected chi connectivity index (χ0v) is 16.9. The number of nitrogens with one attached hydrogen (secondary N) is 1. The van der Waals surface area contributed by atoms with Gasteiger partial charge < -0.3 is 9.88 Å². The van der Waals surface area contributed by atoms with Gasteiger partial charge in [0.05, 0.1) is 6.04 Å². The molecule has 0 spiro atoms. The van der Waals surface area contributed by atoms with Gasteiger partial charge in [0, 0.05) is 54.5 Å². The number of rotatable bonds is 5. The van der Waals surface area contributed by atoms with Crippen LogP contribution < -0.4 is 4.90 Å². The van der Waals surface area contributed by atoms with E-state index >= 15 is 0 Å². The lowest BCUT2D eigenvalue weighted by Crippen LogP contribution is -2.49. The average Bonchev–Trinajstić information content (AvgIpc) is 3.25. The summed E-state index contributed by atoms with van der Waals surface area (Å²) in [7, 11) is 0. The first-order chi connectivity index (χ1) is 14.8. The molecule has 1 fully saturated rings. The van der Waals surface area contributed by atoms with Gasteiger partial charge >= 0.3 is 0 Å². The molecule has 1 N–H and O–H groups in total. The number of carbonyl (C=O) groups is 1. The number of fused-ring (bicyclic) bond motifs is 1. The van der Waals surface area contributed by atoms with Crippen LogP contribution in [0.25, 0.3) is 10.9 Å². The monoisotopic (exact) mass is 395 g/mol. The molecule has 4 heteroatoms. The Kier molecular flexibility index (Phi) is 5.08. The highest BCUT2D eigenvalue weighted by Gasteiger charge is 2.32. The van der Waals surface area contributed by atoms with Crippen molar-refractivity contribution in [2.75, 3.05) is 31.1 Å². The van der Waals surface area contributed by atoms with Gasteiger partial charge in [-0.15, -0.1) is 0 Å². The van der Waals surface area contributed by atoms with Gasteiger partial charge in [-0.25, -0.2) is 0 Å². The number of hydrogen-bond donors (Lipinski definition) is 1. The topological polar surface area (TPSA) is 39.3 Å².